The molecule has 0 saturated carbocycles. The van der Waals surface area contributed by atoms with Gasteiger partial charge in [-0.2, -0.15) is 10.5 Å². The molecule has 0 heterocycles. The Bertz CT molecular complexity index is 981. The van der Waals surface area contributed by atoms with E-state index in [2.05, 4.69) is 17.7 Å². The molecule has 0 aliphatic carbocycles. The van der Waals surface area contributed by atoms with Crippen LogP contribution < -0.4 is 0 Å². The van der Waals surface area contributed by atoms with Crippen LogP contribution in [0.25, 0.3) is 0 Å². The fraction of sp³-hybridized carbons (Fsp3) is 0.385. The highest BCUT2D eigenvalue weighted by molar-refractivity contribution is 5.85. The van der Waals surface area contributed by atoms with Gasteiger partial charge in [0.25, 0.3) is 0 Å². The fourth-order valence-electron chi connectivity index (χ4n) is 2.36. The van der Waals surface area contributed by atoms with Gasteiger partial charge < -0.3 is 9.47 Å². The lowest BCUT2D eigenvalue weighted by Crippen LogP contribution is -2.24. The minimum atomic E-state index is -0.468. The number of nitrogens with zero attached hydrogens (tertiary/aromatic N) is 2. The Morgan fingerprint density at radius 3 is 1.67 bits per heavy atom. The van der Waals surface area contributed by atoms with Crippen LogP contribution in [0.2, 0.25) is 0 Å². The molecule has 0 aliphatic rings. The van der Waals surface area contributed by atoms with Crippen molar-refractivity contribution in [1.82, 2.24) is 0 Å². The average Bonchev–Trinajstić information content (AvgIpc) is 2.80. The molecule has 2 N–H and O–H groups in total. The van der Waals surface area contributed by atoms with Gasteiger partial charge in [0.15, 0.2) is 0 Å². The van der Waals surface area contributed by atoms with Crippen molar-refractivity contribution in [1.29, 1.82) is 21.6 Å². The molecule has 0 spiro atoms. The summed E-state index contributed by atoms with van der Waals surface area (Å²) in [6.45, 7) is 11.2. The van der Waals surface area contributed by atoms with E-state index >= 15 is 0 Å². The van der Waals surface area contributed by atoms with Gasteiger partial charge in [0.2, 0.25) is 0 Å². The van der Waals surface area contributed by atoms with Crippen LogP contribution in [0.5, 0.6) is 0 Å². The van der Waals surface area contributed by atoms with E-state index in [4.69, 9.17) is 26.3 Å². The van der Waals surface area contributed by atoms with Gasteiger partial charge in [0.1, 0.15) is 5.60 Å². The van der Waals surface area contributed by atoms with Crippen LogP contribution in [-0.4, -0.2) is 24.1 Å². The summed E-state index contributed by atoms with van der Waals surface area (Å²) in [6, 6.07) is 18.8. The molecular weight excluding hydrogens is 503 g/mol. The molecule has 0 fully saturated rings. The van der Waals surface area contributed by atoms with Gasteiger partial charge in [-0.3, -0.25) is 9.59 Å². The van der Waals surface area contributed by atoms with Gasteiger partial charge in [-0.1, -0.05) is 31.2 Å². The Hall–Kier alpha value is -3.46. The van der Waals surface area contributed by atoms with Crippen molar-refractivity contribution in [3.05, 3.63) is 70.8 Å². The summed E-state index contributed by atoms with van der Waals surface area (Å²) in [7, 11) is 0. The lowest BCUT2D eigenvalue weighted by atomic mass is 10.1. The molecule has 0 aromatic heterocycles. The van der Waals surface area contributed by atoms with Crippen molar-refractivity contribution in [2.45, 2.75) is 60.0 Å². The van der Waals surface area contributed by atoms with Crippen molar-refractivity contribution in [2.75, 3.05) is 6.61 Å². The van der Waals surface area contributed by atoms with E-state index in [-0.39, 0.29) is 43.2 Å². The van der Waals surface area contributed by atoms with Crippen molar-refractivity contribution < 1.29 is 19.1 Å². The van der Waals surface area contributed by atoms with Crippen LogP contribution in [0.1, 0.15) is 63.8 Å². The van der Waals surface area contributed by atoms with E-state index in [1.807, 2.05) is 57.2 Å². The van der Waals surface area contributed by atoms with Crippen molar-refractivity contribution in [2.24, 2.45) is 0 Å². The monoisotopic (exact) mass is 538 g/mol. The third kappa shape index (κ3) is 22.3. The van der Waals surface area contributed by atoms with E-state index in [0.29, 0.717) is 12.2 Å². The summed E-state index contributed by atoms with van der Waals surface area (Å²) in [6.07, 6.45) is 1.20. The van der Waals surface area contributed by atoms with Crippen LogP contribution in [0.3, 0.4) is 0 Å². The number of benzene rings is 2. The van der Waals surface area contributed by atoms with Crippen LogP contribution >= 0.6 is 24.8 Å². The molecule has 2 aromatic carbocycles. The van der Waals surface area contributed by atoms with Gasteiger partial charge >= 0.3 is 11.9 Å². The number of aryl methyl sites for hydroxylation is 1. The van der Waals surface area contributed by atoms with Crippen molar-refractivity contribution in [3.63, 3.8) is 0 Å². The van der Waals surface area contributed by atoms with Gasteiger partial charge in [0, 0.05) is 6.92 Å². The number of carbonyl (C=O) groups is 2. The van der Waals surface area contributed by atoms with Crippen molar-refractivity contribution in [3.8, 4) is 12.1 Å². The van der Waals surface area contributed by atoms with Crippen LogP contribution in [0, 0.1) is 33.7 Å². The van der Waals surface area contributed by atoms with E-state index in [9.17, 15) is 9.59 Å². The van der Waals surface area contributed by atoms with Crippen LogP contribution in [0.4, 0.5) is 0 Å². The summed E-state index contributed by atoms with van der Waals surface area (Å²) in [4.78, 5) is 21.3. The molecule has 0 atom stereocenters. The third-order valence-electron chi connectivity index (χ3n) is 3.64. The molecule has 2 aromatic rings. The minimum absolute atomic E-state index is 0. The SMILES string of the molecule is CC(C)(C)OC(=O)Cc1cccc(C#N)c1.CCOC(C)=O.CCc1cccc(C#N)c1.Cl.Cl.N=N. The number of nitrogens with one attached hydrogen (secondary N) is 2. The first-order chi connectivity index (χ1) is 16.0. The smallest absolute Gasteiger partial charge is 0.310 e. The highest BCUT2D eigenvalue weighted by Gasteiger charge is 2.16. The highest BCUT2D eigenvalue weighted by atomic mass is 35.5. The van der Waals surface area contributed by atoms with E-state index < -0.39 is 5.60 Å². The number of ether oxygens (including phenoxy) is 2. The Morgan fingerprint density at radius 1 is 0.889 bits per heavy atom. The predicted molar refractivity (Wildman–Crippen MR) is 143 cm³/mol. The van der Waals surface area contributed by atoms with Crippen molar-refractivity contribution >= 4 is 36.8 Å². The molecule has 0 amide bonds. The lowest BCUT2D eigenvalue weighted by molar-refractivity contribution is -0.154. The first-order valence-electron chi connectivity index (χ1n) is 10.6. The molecule has 10 heteroatoms. The fourth-order valence-corrected chi connectivity index (χ4v) is 2.36. The number of nitriles is 2. The second-order valence-corrected chi connectivity index (χ2v) is 7.67. The topological polar surface area (TPSA) is 148 Å². The normalized spacial score (nSPS) is 8.56. The first-order valence-corrected chi connectivity index (χ1v) is 10.6. The van der Waals surface area contributed by atoms with Gasteiger partial charge in [-0.05, 0) is 69.5 Å². The van der Waals surface area contributed by atoms with Gasteiger partial charge in [0.05, 0.1) is 36.3 Å². The molecular formula is C26H36Cl2N4O4. The summed E-state index contributed by atoms with van der Waals surface area (Å²) in [5.41, 5.74) is 12.9. The molecule has 0 aliphatic heterocycles. The number of carbonyl (C=O) groups excluding carboxylic acids is 2. The van der Waals surface area contributed by atoms with E-state index in [1.165, 1.54) is 12.5 Å². The van der Waals surface area contributed by atoms with Crippen LogP contribution in [-0.2, 0) is 31.9 Å². The largest absolute Gasteiger partial charge is 0.466 e. The Balaban J connectivity index is -0.000000221. The summed E-state index contributed by atoms with van der Waals surface area (Å²) < 4.78 is 9.60. The Morgan fingerprint density at radius 2 is 1.33 bits per heavy atom. The Kier molecular flexibility index (Phi) is 25.7. The first kappa shape index (κ1) is 39.7. The molecule has 0 unspecified atom stereocenters. The highest BCUT2D eigenvalue weighted by Crippen LogP contribution is 2.11. The second-order valence-electron chi connectivity index (χ2n) is 7.67. The quantitative estimate of drug-likeness (QED) is 0.332. The molecule has 8 nitrogen and oxygen atoms in total. The number of hydrogen-bond donors (Lipinski definition) is 2. The minimum Gasteiger partial charge on any atom is -0.466 e. The molecule has 2 rings (SSSR count). The van der Waals surface area contributed by atoms with Crippen LogP contribution in [0.15, 0.2) is 48.5 Å². The molecule has 0 bridgehead atoms. The average molecular weight is 540 g/mol. The molecule has 0 saturated heterocycles. The number of halogens is 2. The van der Waals surface area contributed by atoms with Gasteiger partial charge in [-0.15, -0.1) is 24.8 Å². The number of rotatable bonds is 4. The number of esters is 2. The summed E-state index contributed by atoms with van der Waals surface area (Å²) >= 11 is 0. The Labute approximate surface area is 226 Å². The van der Waals surface area contributed by atoms with Gasteiger partial charge in [-0.25, -0.2) is 11.1 Å². The zero-order chi connectivity index (χ0) is 26.6. The molecule has 198 valence electrons. The maximum Gasteiger partial charge on any atom is 0.310 e. The maximum atomic E-state index is 11.5. The maximum absolute atomic E-state index is 11.5. The summed E-state index contributed by atoms with van der Waals surface area (Å²) in [5.74, 6) is -0.486. The van der Waals surface area contributed by atoms with E-state index in [0.717, 1.165) is 17.5 Å². The lowest BCUT2D eigenvalue weighted by Gasteiger charge is -2.19. The standard InChI is InChI=1S/C13H15NO2.C9H9N.C4H8O2.2ClH.H2N2/c1-13(2,3)16-12(15)8-10-5-4-6-11(7-10)9-14;1-2-8-4-3-5-9(6-8)7-10;1-3-6-4(2)5;;;1-2/h4-7H,8H2,1-3H3;3-6H,2H2,1H3;3H2,1-2H3;2*1H;1-2H. The molecule has 0 radical (unpaired) electrons. The second kappa shape index (κ2) is 23.3. The zero-order valence-electron chi connectivity index (χ0n) is 21.6. The molecule has 36 heavy (non-hydrogen) atoms. The van der Waals surface area contributed by atoms with E-state index in [1.54, 1.807) is 25.1 Å². The summed E-state index contributed by atoms with van der Waals surface area (Å²) in [5, 5.41) is 17.2. The third-order valence-corrected chi connectivity index (χ3v) is 3.64. The number of hydrogen-bond acceptors (Lipinski definition) is 8. The predicted octanol–water partition coefficient (Wildman–Crippen LogP) is 6.57. The zero-order valence-corrected chi connectivity index (χ0v) is 23.2.